The summed E-state index contributed by atoms with van der Waals surface area (Å²) in [6.07, 6.45) is 2.56. The van der Waals surface area contributed by atoms with Crippen LogP contribution in [0.1, 0.15) is 26.3 Å². The molecular formula is C22H26F2N6O3S. The SMILES string of the molecule is COCCNS(=O)(=O)CC(Nc1nc(-c2c[nH]c3ncc(F)cc23)c(C#N)cc1F)C(C)(C)C. The highest BCUT2D eigenvalue weighted by molar-refractivity contribution is 7.89. The topological polar surface area (TPSA) is 133 Å². The highest BCUT2D eigenvalue weighted by atomic mass is 32.2. The second-order valence-corrected chi connectivity index (χ2v) is 10.7. The standard InChI is InChI=1S/C22H26F2N6O3S/c1-22(2,3)18(12-34(31,32)28-5-6-33-4)29-21-17(24)7-13(9-25)19(30-21)16-11-27-20-15(16)8-14(23)10-26-20/h7-8,10-11,18,28H,5-6,12H2,1-4H3,(H,26,27)(H,29,30). The summed E-state index contributed by atoms with van der Waals surface area (Å²) in [5.74, 6) is -1.96. The lowest BCUT2D eigenvalue weighted by Crippen LogP contribution is -2.44. The molecule has 0 saturated carbocycles. The van der Waals surface area contributed by atoms with Gasteiger partial charge in [-0.25, -0.2) is 31.9 Å². The van der Waals surface area contributed by atoms with Crippen molar-refractivity contribution in [3.8, 4) is 17.3 Å². The van der Waals surface area contributed by atoms with E-state index in [1.165, 1.54) is 19.4 Å². The van der Waals surface area contributed by atoms with Gasteiger partial charge >= 0.3 is 0 Å². The average Bonchev–Trinajstić information content (AvgIpc) is 3.16. The molecule has 0 aliphatic rings. The highest BCUT2D eigenvalue weighted by Gasteiger charge is 2.31. The predicted molar refractivity (Wildman–Crippen MR) is 124 cm³/mol. The third-order valence-corrected chi connectivity index (χ3v) is 6.64. The first-order chi connectivity index (χ1) is 15.9. The maximum Gasteiger partial charge on any atom is 0.213 e. The fraction of sp³-hybridized carbons (Fsp3) is 0.409. The van der Waals surface area contributed by atoms with Crippen molar-refractivity contribution in [2.75, 3.05) is 31.3 Å². The summed E-state index contributed by atoms with van der Waals surface area (Å²) in [6, 6.07) is 3.42. The van der Waals surface area contributed by atoms with E-state index in [1.54, 1.807) is 0 Å². The van der Waals surface area contributed by atoms with Crippen LogP contribution in [0, 0.1) is 28.4 Å². The van der Waals surface area contributed by atoms with E-state index in [0.29, 0.717) is 16.6 Å². The van der Waals surface area contributed by atoms with E-state index in [0.717, 1.165) is 12.3 Å². The second-order valence-electron chi connectivity index (χ2n) is 8.81. The molecule has 3 aromatic rings. The molecule has 3 rings (SSSR count). The van der Waals surface area contributed by atoms with E-state index in [-0.39, 0.29) is 36.0 Å². The first kappa shape index (κ1) is 25.5. The first-order valence-corrected chi connectivity index (χ1v) is 12.1. The Morgan fingerprint density at radius 3 is 2.68 bits per heavy atom. The van der Waals surface area contributed by atoms with E-state index in [2.05, 4.69) is 25.0 Å². The number of ether oxygens (including phenoxy) is 1. The molecule has 0 saturated heterocycles. The zero-order valence-electron chi connectivity index (χ0n) is 19.2. The van der Waals surface area contributed by atoms with Gasteiger partial charge in [-0.1, -0.05) is 20.8 Å². The van der Waals surface area contributed by atoms with Gasteiger partial charge in [0.25, 0.3) is 0 Å². The van der Waals surface area contributed by atoms with E-state index < -0.39 is 33.1 Å². The minimum Gasteiger partial charge on any atom is -0.383 e. The molecule has 0 fully saturated rings. The summed E-state index contributed by atoms with van der Waals surface area (Å²) in [6.45, 7) is 5.75. The van der Waals surface area contributed by atoms with Crippen molar-refractivity contribution in [2.24, 2.45) is 5.41 Å². The maximum absolute atomic E-state index is 14.9. The van der Waals surface area contributed by atoms with Crippen LogP contribution in [0.15, 0.2) is 24.5 Å². The number of aromatic amines is 1. The van der Waals surface area contributed by atoms with Crippen LogP contribution in [-0.2, 0) is 14.8 Å². The Hall–Kier alpha value is -3.14. The Bertz CT molecular complexity index is 1330. The Labute approximate surface area is 196 Å². The lowest BCUT2D eigenvalue weighted by molar-refractivity contribution is 0.204. The Morgan fingerprint density at radius 2 is 2.03 bits per heavy atom. The molecule has 0 aromatic carbocycles. The van der Waals surface area contributed by atoms with Crippen molar-refractivity contribution in [3.63, 3.8) is 0 Å². The normalized spacial score (nSPS) is 13.1. The molecule has 1 atom stereocenters. The molecule has 3 heterocycles. The van der Waals surface area contributed by atoms with Gasteiger partial charge in [-0.15, -0.1) is 0 Å². The van der Waals surface area contributed by atoms with Crippen LogP contribution in [0.3, 0.4) is 0 Å². The van der Waals surface area contributed by atoms with E-state index in [9.17, 15) is 22.5 Å². The average molecular weight is 493 g/mol. The van der Waals surface area contributed by atoms with Crippen LogP contribution in [0.25, 0.3) is 22.3 Å². The summed E-state index contributed by atoms with van der Waals surface area (Å²) in [5, 5.41) is 12.8. The van der Waals surface area contributed by atoms with Gasteiger partial charge in [0.05, 0.1) is 29.8 Å². The Balaban J connectivity index is 2.01. The number of nitrogens with zero attached hydrogens (tertiary/aromatic N) is 3. The third-order valence-electron chi connectivity index (χ3n) is 5.22. The number of sulfonamides is 1. The Kier molecular flexibility index (Phi) is 7.50. The van der Waals surface area contributed by atoms with Gasteiger partial charge in [-0.2, -0.15) is 5.26 Å². The van der Waals surface area contributed by atoms with Gasteiger partial charge in [-0.3, -0.25) is 0 Å². The molecule has 0 aliphatic carbocycles. The van der Waals surface area contributed by atoms with E-state index in [4.69, 9.17) is 4.74 Å². The smallest absolute Gasteiger partial charge is 0.213 e. The van der Waals surface area contributed by atoms with Gasteiger partial charge in [-0.05, 0) is 17.5 Å². The van der Waals surface area contributed by atoms with Gasteiger partial charge in [0.2, 0.25) is 10.0 Å². The number of halogens is 2. The first-order valence-electron chi connectivity index (χ1n) is 10.4. The third kappa shape index (κ3) is 5.85. The summed E-state index contributed by atoms with van der Waals surface area (Å²) in [5.41, 5.74) is 0.184. The number of hydrogen-bond donors (Lipinski definition) is 3. The highest BCUT2D eigenvalue weighted by Crippen LogP contribution is 2.32. The molecule has 0 radical (unpaired) electrons. The minimum absolute atomic E-state index is 0.0608. The second kappa shape index (κ2) is 10.0. The number of pyridine rings is 2. The molecule has 3 aromatic heterocycles. The molecule has 9 nitrogen and oxygen atoms in total. The molecule has 1 unspecified atom stereocenters. The molecule has 0 spiro atoms. The molecule has 0 aliphatic heterocycles. The van der Waals surface area contributed by atoms with Crippen molar-refractivity contribution < 1.29 is 21.9 Å². The van der Waals surface area contributed by atoms with Crippen LogP contribution in [0.2, 0.25) is 0 Å². The largest absolute Gasteiger partial charge is 0.383 e. The number of anilines is 1. The summed E-state index contributed by atoms with van der Waals surface area (Å²) < 4.78 is 61.2. The summed E-state index contributed by atoms with van der Waals surface area (Å²) in [4.78, 5) is 11.2. The molecule has 3 N–H and O–H groups in total. The predicted octanol–water partition coefficient (Wildman–Crippen LogP) is 3.17. The van der Waals surface area contributed by atoms with E-state index in [1.807, 2.05) is 26.8 Å². The fourth-order valence-electron chi connectivity index (χ4n) is 3.31. The lowest BCUT2D eigenvalue weighted by Gasteiger charge is -2.32. The van der Waals surface area contributed by atoms with Gasteiger partial charge in [0.1, 0.15) is 17.5 Å². The zero-order chi connectivity index (χ0) is 25.1. The number of hydrogen-bond acceptors (Lipinski definition) is 7. The number of nitriles is 1. The number of methoxy groups -OCH3 is 1. The van der Waals surface area contributed by atoms with Crippen molar-refractivity contribution in [2.45, 2.75) is 26.8 Å². The van der Waals surface area contributed by atoms with Gasteiger partial charge in [0.15, 0.2) is 11.6 Å². The quantitative estimate of drug-likeness (QED) is 0.391. The molecule has 34 heavy (non-hydrogen) atoms. The molecule has 0 bridgehead atoms. The van der Waals surface area contributed by atoms with Gasteiger partial charge < -0.3 is 15.0 Å². The molecule has 0 amide bonds. The number of aromatic nitrogens is 3. The van der Waals surface area contributed by atoms with Crippen LogP contribution in [0.5, 0.6) is 0 Å². The molecule has 182 valence electrons. The monoisotopic (exact) mass is 492 g/mol. The van der Waals surface area contributed by atoms with Crippen molar-refractivity contribution in [3.05, 3.63) is 41.7 Å². The van der Waals surface area contributed by atoms with Crippen LogP contribution >= 0.6 is 0 Å². The number of fused-ring (bicyclic) bond motifs is 1. The van der Waals surface area contributed by atoms with Crippen LogP contribution in [-0.4, -0.2) is 55.4 Å². The lowest BCUT2D eigenvalue weighted by atomic mass is 9.88. The zero-order valence-corrected chi connectivity index (χ0v) is 20.1. The number of nitrogens with one attached hydrogen (secondary N) is 3. The maximum atomic E-state index is 14.9. The van der Waals surface area contributed by atoms with Gasteiger partial charge in [0, 0.05) is 36.8 Å². The minimum atomic E-state index is -3.72. The van der Waals surface area contributed by atoms with Crippen molar-refractivity contribution in [1.82, 2.24) is 19.7 Å². The van der Waals surface area contributed by atoms with Crippen LogP contribution in [0.4, 0.5) is 14.6 Å². The fourth-order valence-corrected chi connectivity index (χ4v) is 4.84. The molecule has 12 heteroatoms. The number of rotatable bonds is 9. The van der Waals surface area contributed by atoms with Crippen molar-refractivity contribution >= 4 is 26.9 Å². The summed E-state index contributed by atoms with van der Waals surface area (Å²) in [7, 11) is -2.26. The summed E-state index contributed by atoms with van der Waals surface area (Å²) >= 11 is 0. The molecular weight excluding hydrogens is 466 g/mol. The van der Waals surface area contributed by atoms with E-state index >= 15 is 0 Å². The number of H-pyrrole nitrogens is 1. The Morgan fingerprint density at radius 1 is 1.29 bits per heavy atom. The van der Waals surface area contributed by atoms with Crippen molar-refractivity contribution in [1.29, 1.82) is 5.26 Å². The van der Waals surface area contributed by atoms with Crippen LogP contribution < -0.4 is 10.0 Å².